The van der Waals surface area contributed by atoms with Crippen LogP contribution in [0.25, 0.3) is 0 Å². The summed E-state index contributed by atoms with van der Waals surface area (Å²) in [5.41, 5.74) is 2.49. The fraction of sp³-hybridized carbons (Fsp3) is 0.588. The number of aliphatic imine (C=N–C) groups is 1. The molecule has 0 saturated carbocycles. The van der Waals surface area contributed by atoms with Gasteiger partial charge in [-0.25, -0.2) is 0 Å². The van der Waals surface area contributed by atoms with E-state index in [1.54, 1.807) is 0 Å². The van der Waals surface area contributed by atoms with E-state index in [0.717, 1.165) is 10.9 Å². The zero-order valence-electron chi connectivity index (χ0n) is 13.0. The Morgan fingerprint density at radius 1 is 1.10 bits per heavy atom. The van der Waals surface area contributed by atoms with E-state index in [1.165, 1.54) is 44.5 Å². The molecule has 3 nitrogen and oxygen atoms in total. The lowest BCUT2D eigenvalue weighted by Gasteiger charge is -2.29. The molecule has 0 aliphatic carbocycles. The second-order valence-corrected chi connectivity index (χ2v) is 7.59. The standard InChI is InChI=1S/C17H25N3S/c1-13-12-14(2)21-17(18-13)19-15-6-8-16(9-7-15)20-10-4-3-5-11-20/h6-9,13-14H,3-5,10-12H2,1-2H3,(H,18,19). The highest BCUT2D eigenvalue weighted by Gasteiger charge is 2.18. The summed E-state index contributed by atoms with van der Waals surface area (Å²) in [5.74, 6) is 0. The molecule has 21 heavy (non-hydrogen) atoms. The molecule has 0 aromatic heterocycles. The number of anilines is 2. The average Bonchev–Trinajstić information content (AvgIpc) is 2.48. The molecule has 0 amide bonds. The van der Waals surface area contributed by atoms with Gasteiger partial charge < -0.3 is 10.2 Å². The van der Waals surface area contributed by atoms with E-state index >= 15 is 0 Å². The Morgan fingerprint density at radius 2 is 1.81 bits per heavy atom. The van der Waals surface area contributed by atoms with Crippen molar-refractivity contribution in [1.82, 2.24) is 0 Å². The first-order valence-corrected chi connectivity index (χ1v) is 8.95. The molecule has 0 radical (unpaired) electrons. The summed E-state index contributed by atoms with van der Waals surface area (Å²) in [6, 6.07) is 9.24. The number of rotatable bonds is 2. The summed E-state index contributed by atoms with van der Waals surface area (Å²) in [4.78, 5) is 7.19. The lowest BCUT2D eigenvalue weighted by atomic mass is 10.1. The number of thioether (sulfide) groups is 1. The number of amidine groups is 1. The van der Waals surface area contributed by atoms with Crippen molar-refractivity contribution in [3.05, 3.63) is 24.3 Å². The number of nitrogens with one attached hydrogen (secondary N) is 1. The molecule has 1 N–H and O–H groups in total. The van der Waals surface area contributed by atoms with Gasteiger partial charge in [0, 0.05) is 29.7 Å². The zero-order valence-corrected chi connectivity index (χ0v) is 13.8. The first-order valence-electron chi connectivity index (χ1n) is 8.07. The summed E-state index contributed by atoms with van der Waals surface area (Å²) >= 11 is 1.85. The van der Waals surface area contributed by atoms with E-state index in [9.17, 15) is 0 Å². The molecule has 0 bridgehead atoms. The molecule has 1 saturated heterocycles. The molecule has 2 aliphatic heterocycles. The minimum Gasteiger partial charge on any atom is -0.372 e. The molecule has 114 valence electrons. The van der Waals surface area contributed by atoms with Crippen LogP contribution in [0.4, 0.5) is 11.4 Å². The Morgan fingerprint density at radius 3 is 2.48 bits per heavy atom. The van der Waals surface area contributed by atoms with Gasteiger partial charge in [-0.05, 0) is 56.9 Å². The van der Waals surface area contributed by atoms with Crippen LogP contribution in [0.15, 0.2) is 29.3 Å². The normalized spacial score (nSPS) is 26.4. The summed E-state index contributed by atoms with van der Waals surface area (Å²) in [6.45, 7) is 6.86. The van der Waals surface area contributed by atoms with E-state index in [-0.39, 0.29) is 0 Å². The number of benzene rings is 1. The highest BCUT2D eigenvalue weighted by Crippen LogP contribution is 2.27. The monoisotopic (exact) mass is 303 g/mol. The van der Waals surface area contributed by atoms with Crippen LogP contribution < -0.4 is 10.2 Å². The second kappa shape index (κ2) is 6.73. The van der Waals surface area contributed by atoms with Gasteiger partial charge in [0.2, 0.25) is 0 Å². The van der Waals surface area contributed by atoms with Gasteiger partial charge in [-0.3, -0.25) is 4.99 Å². The smallest absolute Gasteiger partial charge is 0.161 e. The lowest BCUT2D eigenvalue weighted by molar-refractivity contribution is 0.578. The first-order chi connectivity index (χ1) is 10.2. The average molecular weight is 303 g/mol. The minimum absolute atomic E-state index is 0.427. The van der Waals surface area contributed by atoms with E-state index in [1.807, 2.05) is 11.8 Å². The maximum atomic E-state index is 4.70. The third-order valence-corrected chi connectivity index (χ3v) is 5.19. The van der Waals surface area contributed by atoms with Gasteiger partial charge in [0.25, 0.3) is 0 Å². The second-order valence-electron chi connectivity index (χ2n) is 6.17. The predicted molar refractivity (Wildman–Crippen MR) is 94.7 cm³/mol. The Hall–Kier alpha value is -1.16. The van der Waals surface area contributed by atoms with Crippen molar-refractivity contribution < 1.29 is 0 Å². The molecule has 1 aromatic carbocycles. The van der Waals surface area contributed by atoms with Crippen LogP contribution >= 0.6 is 11.8 Å². The first kappa shape index (κ1) is 14.8. The maximum absolute atomic E-state index is 4.70. The Labute approximate surface area is 132 Å². The summed E-state index contributed by atoms with van der Waals surface area (Å²) < 4.78 is 0. The van der Waals surface area contributed by atoms with Crippen molar-refractivity contribution in [2.24, 2.45) is 4.99 Å². The van der Waals surface area contributed by atoms with Crippen LogP contribution in [0.3, 0.4) is 0 Å². The summed E-state index contributed by atoms with van der Waals surface area (Å²) in [7, 11) is 0. The van der Waals surface area contributed by atoms with Crippen LogP contribution in [-0.4, -0.2) is 29.5 Å². The highest BCUT2D eigenvalue weighted by molar-refractivity contribution is 8.14. The molecular formula is C17H25N3S. The molecule has 2 atom stereocenters. The number of hydrogen-bond donors (Lipinski definition) is 1. The Balaban J connectivity index is 1.64. The fourth-order valence-electron chi connectivity index (χ4n) is 3.10. The van der Waals surface area contributed by atoms with E-state index < -0.39 is 0 Å². The van der Waals surface area contributed by atoms with Crippen molar-refractivity contribution in [1.29, 1.82) is 0 Å². The molecule has 2 heterocycles. The van der Waals surface area contributed by atoms with Crippen LogP contribution in [0.5, 0.6) is 0 Å². The minimum atomic E-state index is 0.427. The van der Waals surface area contributed by atoms with Crippen molar-refractivity contribution in [3.63, 3.8) is 0 Å². The largest absolute Gasteiger partial charge is 0.372 e. The molecule has 3 rings (SSSR count). The summed E-state index contributed by atoms with van der Waals surface area (Å²) in [6.07, 6.45) is 5.19. The van der Waals surface area contributed by atoms with Crippen LogP contribution in [0.1, 0.15) is 39.5 Å². The quantitative estimate of drug-likeness (QED) is 0.879. The van der Waals surface area contributed by atoms with Gasteiger partial charge in [0.1, 0.15) is 0 Å². The van der Waals surface area contributed by atoms with Crippen molar-refractivity contribution in [2.75, 3.05) is 23.3 Å². The number of piperidine rings is 1. The van der Waals surface area contributed by atoms with Gasteiger partial charge >= 0.3 is 0 Å². The van der Waals surface area contributed by atoms with E-state index in [0.29, 0.717) is 11.3 Å². The Kier molecular flexibility index (Phi) is 4.73. The van der Waals surface area contributed by atoms with Gasteiger partial charge in [-0.2, -0.15) is 0 Å². The molecule has 1 aromatic rings. The fourth-order valence-corrected chi connectivity index (χ4v) is 4.27. The molecule has 4 heteroatoms. The lowest BCUT2D eigenvalue weighted by Crippen LogP contribution is -2.29. The molecule has 0 spiro atoms. The van der Waals surface area contributed by atoms with E-state index in [4.69, 9.17) is 4.99 Å². The third-order valence-electron chi connectivity index (χ3n) is 4.16. The van der Waals surface area contributed by atoms with E-state index in [2.05, 4.69) is 48.3 Å². The zero-order chi connectivity index (χ0) is 14.7. The highest BCUT2D eigenvalue weighted by atomic mass is 32.2. The van der Waals surface area contributed by atoms with Crippen molar-refractivity contribution >= 4 is 28.3 Å². The summed E-state index contributed by atoms with van der Waals surface area (Å²) in [5, 5.41) is 5.17. The van der Waals surface area contributed by atoms with Gasteiger partial charge in [0.15, 0.2) is 5.17 Å². The SMILES string of the molecule is CC1CC(C)SC(Nc2ccc(N3CCCCC3)cc2)=N1. The van der Waals surface area contributed by atoms with Crippen LogP contribution in [-0.2, 0) is 0 Å². The molecular weight excluding hydrogens is 278 g/mol. The maximum Gasteiger partial charge on any atom is 0.161 e. The van der Waals surface area contributed by atoms with Crippen molar-refractivity contribution in [2.45, 2.75) is 50.8 Å². The van der Waals surface area contributed by atoms with Gasteiger partial charge in [-0.15, -0.1) is 0 Å². The molecule has 2 aliphatic rings. The van der Waals surface area contributed by atoms with Gasteiger partial charge in [-0.1, -0.05) is 18.7 Å². The van der Waals surface area contributed by atoms with Gasteiger partial charge in [0.05, 0.1) is 6.04 Å². The molecule has 1 fully saturated rings. The predicted octanol–water partition coefficient (Wildman–Crippen LogP) is 4.36. The van der Waals surface area contributed by atoms with Crippen molar-refractivity contribution in [3.8, 4) is 0 Å². The number of hydrogen-bond acceptors (Lipinski definition) is 4. The molecule has 2 unspecified atom stereocenters. The third kappa shape index (κ3) is 3.94. The van der Waals surface area contributed by atoms with Crippen LogP contribution in [0, 0.1) is 0 Å². The topological polar surface area (TPSA) is 27.6 Å². The Bertz CT molecular complexity index is 491. The van der Waals surface area contributed by atoms with Crippen LogP contribution in [0.2, 0.25) is 0 Å². The number of nitrogens with zero attached hydrogens (tertiary/aromatic N) is 2.